The van der Waals surface area contributed by atoms with Crippen LogP contribution >= 0.6 is 0 Å². The van der Waals surface area contributed by atoms with Crippen LogP contribution in [0, 0.1) is 11.3 Å². The Kier molecular flexibility index (Phi) is 5.18. The Morgan fingerprint density at radius 2 is 1.88 bits per heavy atom. The highest BCUT2D eigenvalue weighted by atomic mass is 16.6. The number of hydrogen-bond acceptors (Lipinski definition) is 5. The number of hydrogen-bond donors (Lipinski definition) is 0. The lowest BCUT2D eigenvalue weighted by Crippen LogP contribution is -2.39. The summed E-state index contributed by atoms with van der Waals surface area (Å²) in [6.45, 7) is 1.25. The third-order valence-electron chi connectivity index (χ3n) is 4.19. The number of benzene rings is 2. The van der Waals surface area contributed by atoms with Gasteiger partial charge in [0, 0.05) is 11.7 Å². The van der Waals surface area contributed by atoms with Gasteiger partial charge in [0.2, 0.25) is 0 Å². The number of esters is 1. The van der Waals surface area contributed by atoms with Crippen molar-refractivity contribution in [2.24, 2.45) is 0 Å². The molecule has 3 rings (SSSR count). The summed E-state index contributed by atoms with van der Waals surface area (Å²) in [5.41, 5.74) is 2.30. The molecule has 0 aromatic heterocycles. The van der Waals surface area contributed by atoms with E-state index < -0.39 is 5.97 Å². The van der Waals surface area contributed by atoms with Gasteiger partial charge in [0.05, 0.1) is 5.56 Å². The van der Waals surface area contributed by atoms with Crippen LogP contribution in [-0.4, -0.2) is 31.1 Å². The van der Waals surface area contributed by atoms with E-state index in [9.17, 15) is 9.59 Å². The second kappa shape index (κ2) is 7.70. The molecule has 0 bridgehead atoms. The van der Waals surface area contributed by atoms with Gasteiger partial charge in [0.25, 0.3) is 5.91 Å². The molecule has 6 heteroatoms. The summed E-state index contributed by atoms with van der Waals surface area (Å²) in [5, 5.41) is 8.99. The molecule has 2 aromatic rings. The summed E-state index contributed by atoms with van der Waals surface area (Å²) in [7, 11) is 0. The highest BCUT2D eigenvalue weighted by Crippen LogP contribution is 2.31. The van der Waals surface area contributed by atoms with Gasteiger partial charge < -0.3 is 14.4 Å². The zero-order valence-corrected chi connectivity index (χ0v) is 14.3. The topological polar surface area (TPSA) is 79.6 Å². The zero-order chi connectivity index (χ0) is 18.5. The van der Waals surface area contributed by atoms with Crippen LogP contribution in [0.1, 0.15) is 18.1 Å². The predicted molar refractivity (Wildman–Crippen MR) is 94.7 cm³/mol. The molecule has 1 heterocycles. The van der Waals surface area contributed by atoms with E-state index in [1.807, 2.05) is 37.3 Å². The van der Waals surface area contributed by atoms with E-state index in [0.717, 1.165) is 17.7 Å². The fourth-order valence-corrected chi connectivity index (χ4v) is 3.02. The zero-order valence-electron chi connectivity index (χ0n) is 14.3. The Balaban J connectivity index is 1.53. The molecule has 1 amide bonds. The van der Waals surface area contributed by atoms with Crippen molar-refractivity contribution in [2.45, 2.75) is 19.4 Å². The number of rotatable bonds is 5. The van der Waals surface area contributed by atoms with Crippen LogP contribution in [0.5, 0.6) is 5.75 Å². The summed E-state index contributed by atoms with van der Waals surface area (Å²) in [6, 6.07) is 16.3. The van der Waals surface area contributed by atoms with Crippen LogP contribution in [0.15, 0.2) is 48.5 Å². The third kappa shape index (κ3) is 3.67. The maximum absolute atomic E-state index is 12.5. The molecule has 0 saturated carbocycles. The van der Waals surface area contributed by atoms with E-state index >= 15 is 0 Å². The van der Waals surface area contributed by atoms with E-state index in [4.69, 9.17) is 14.7 Å². The molecule has 0 fully saturated rings. The van der Waals surface area contributed by atoms with Crippen molar-refractivity contribution < 1.29 is 19.1 Å². The minimum Gasteiger partial charge on any atom is -0.481 e. The lowest BCUT2D eigenvalue weighted by atomic mass is 10.1. The molecule has 1 aliphatic heterocycles. The van der Waals surface area contributed by atoms with Crippen molar-refractivity contribution in [3.8, 4) is 11.8 Å². The number of anilines is 1. The van der Waals surface area contributed by atoms with Crippen molar-refractivity contribution >= 4 is 17.6 Å². The first kappa shape index (κ1) is 17.5. The number of fused-ring (bicyclic) bond motifs is 1. The molecule has 132 valence electrons. The lowest BCUT2D eigenvalue weighted by Gasteiger charge is -2.22. The summed E-state index contributed by atoms with van der Waals surface area (Å²) < 4.78 is 10.3. The minimum atomic E-state index is -0.661. The highest BCUT2D eigenvalue weighted by Gasteiger charge is 2.30. The number of amides is 1. The Hall–Kier alpha value is -3.33. The summed E-state index contributed by atoms with van der Waals surface area (Å²) in [5.74, 6) is -0.625. The van der Waals surface area contributed by atoms with Crippen molar-refractivity contribution in [1.29, 1.82) is 5.26 Å². The second-order valence-corrected chi connectivity index (χ2v) is 6.00. The van der Waals surface area contributed by atoms with E-state index in [1.54, 1.807) is 29.2 Å². The van der Waals surface area contributed by atoms with Gasteiger partial charge in [-0.2, -0.15) is 5.26 Å². The first-order valence-corrected chi connectivity index (χ1v) is 8.27. The average Bonchev–Trinajstić information content (AvgIpc) is 3.00. The van der Waals surface area contributed by atoms with E-state index in [2.05, 4.69) is 0 Å². The minimum absolute atomic E-state index is 0.0253. The highest BCUT2D eigenvalue weighted by molar-refractivity contribution is 5.97. The lowest BCUT2D eigenvalue weighted by molar-refractivity contribution is -0.149. The Morgan fingerprint density at radius 3 is 2.69 bits per heavy atom. The number of nitrogens with zero attached hydrogens (tertiary/aromatic N) is 2. The summed E-state index contributed by atoms with van der Waals surface area (Å²) >= 11 is 0. The Labute approximate surface area is 151 Å². The van der Waals surface area contributed by atoms with E-state index in [1.165, 1.54) is 0 Å². The molecular formula is C20H18N2O4. The molecule has 1 atom stereocenters. The van der Waals surface area contributed by atoms with Gasteiger partial charge in [-0.3, -0.25) is 4.79 Å². The molecule has 26 heavy (non-hydrogen) atoms. The molecule has 2 aromatic carbocycles. The van der Waals surface area contributed by atoms with Gasteiger partial charge in [-0.05, 0) is 37.1 Å². The second-order valence-electron chi connectivity index (χ2n) is 6.00. The quantitative estimate of drug-likeness (QED) is 0.774. The maximum atomic E-state index is 12.5. The number of carbonyl (C=O) groups excluding carboxylic acids is 2. The molecule has 0 spiro atoms. The fourth-order valence-electron chi connectivity index (χ4n) is 3.02. The van der Waals surface area contributed by atoms with Crippen LogP contribution in [0.25, 0.3) is 0 Å². The molecule has 1 aliphatic rings. The predicted octanol–water partition coefficient (Wildman–Crippen LogP) is 2.46. The van der Waals surface area contributed by atoms with Crippen LogP contribution in [-0.2, 0) is 20.7 Å². The van der Waals surface area contributed by atoms with Crippen LogP contribution in [0.3, 0.4) is 0 Å². The Morgan fingerprint density at radius 1 is 1.15 bits per heavy atom. The van der Waals surface area contributed by atoms with Gasteiger partial charge >= 0.3 is 5.97 Å². The summed E-state index contributed by atoms with van der Waals surface area (Å²) in [4.78, 5) is 26.0. The van der Waals surface area contributed by atoms with Crippen LogP contribution in [0.2, 0.25) is 0 Å². The number of ether oxygens (including phenoxy) is 2. The number of carbonyl (C=O) groups is 2. The van der Waals surface area contributed by atoms with Gasteiger partial charge in [0.1, 0.15) is 11.8 Å². The molecule has 6 nitrogen and oxygen atoms in total. The number of nitriles is 1. The third-order valence-corrected chi connectivity index (χ3v) is 4.19. The van der Waals surface area contributed by atoms with Crippen molar-refractivity contribution in [1.82, 2.24) is 0 Å². The molecular weight excluding hydrogens is 332 g/mol. The molecule has 0 N–H and O–H groups in total. The molecule has 1 unspecified atom stereocenters. The smallest absolute Gasteiger partial charge is 0.344 e. The SMILES string of the molecule is CC1Cc2ccccc2N1C(=O)COC(=O)COc1ccccc1C#N. The van der Waals surface area contributed by atoms with Crippen molar-refractivity contribution in [3.05, 3.63) is 59.7 Å². The van der Waals surface area contributed by atoms with Gasteiger partial charge in [-0.1, -0.05) is 30.3 Å². The van der Waals surface area contributed by atoms with Gasteiger partial charge in [-0.15, -0.1) is 0 Å². The van der Waals surface area contributed by atoms with Gasteiger partial charge in [0.15, 0.2) is 13.2 Å². The monoisotopic (exact) mass is 350 g/mol. The van der Waals surface area contributed by atoms with E-state index in [-0.39, 0.29) is 25.2 Å². The van der Waals surface area contributed by atoms with Crippen molar-refractivity contribution in [2.75, 3.05) is 18.1 Å². The van der Waals surface area contributed by atoms with E-state index in [0.29, 0.717) is 11.3 Å². The van der Waals surface area contributed by atoms with Gasteiger partial charge in [-0.25, -0.2) is 4.79 Å². The maximum Gasteiger partial charge on any atom is 0.344 e. The molecule has 0 radical (unpaired) electrons. The summed E-state index contributed by atoms with van der Waals surface area (Å²) in [6.07, 6.45) is 0.782. The molecule has 0 saturated heterocycles. The number of para-hydroxylation sites is 2. The first-order valence-electron chi connectivity index (χ1n) is 8.27. The Bertz CT molecular complexity index is 872. The average molecular weight is 350 g/mol. The fraction of sp³-hybridized carbons (Fsp3) is 0.250. The van der Waals surface area contributed by atoms with Crippen LogP contribution in [0.4, 0.5) is 5.69 Å². The largest absolute Gasteiger partial charge is 0.481 e. The first-order chi connectivity index (χ1) is 12.6. The van der Waals surface area contributed by atoms with Crippen molar-refractivity contribution in [3.63, 3.8) is 0 Å². The molecule has 0 aliphatic carbocycles. The van der Waals surface area contributed by atoms with Crippen LogP contribution < -0.4 is 9.64 Å². The normalized spacial score (nSPS) is 15.1. The standard InChI is InChI=1S/C20H18N2O4/c1-14-10-15-6-2-4-8-17(15)22(14)19(23)12-26-20(24)13-25-18-9-5-3-7-16(18)11-21/h2-9,14H,10,12-13H2,1H3.